The molecule has 210 valence electrons. The van der Waals surface area contributed by atoms with Gasteiger partial charge in [-0.1, -0.05) is 111 Å². The highest BCUT2D eigenvalue weighted by molar-refractivity contribution is 5.69. The maximum Gasteiger partial charge on any atom is 0.305 e. The van der Waals surface area contributed by atoms with Crippen LogP contribution in [0, 0.1) is 11.8 Å². The van der Waals surface area contributed by atoms with Crippen LogP contribution in [0.15, 0.2) is 0 Å². The molecule has 0 heterocycles. The number of rotatable bonds is 27. The number of ether oxygens (including phenoxy) is 1. The minimum Gasteiger partial charge on any atom is -0.465 e. The average Bonchev–Trinajstić information content (AvgIpc) is 2.84. The van der Waals surface area contributed by atoms with Crippen LogP contribution < -0.4 is 0 Å². The monoisotopic (exact) mass is 497 g/mol. The number of esters is 1. The zero-order valence-corrected chi connectivity index (χ0v) is 24.3. The average molecular weight is 498 g/mol. The van der Waals surface area contributed by atoms with Crippen LogP contribution in [0.25, 0.3) is 0 Å². The topological polar surface area (TPSA) is 49.8 Å². The molecule has 0 radical (unpaired) electrons. The van der Waals surface area contributed by atoms with Crippen molar-refractivity contribution in [3.8, 4) is 0 Å². The van der Waals surface area contributed by atoms with Crippen molar-refractivity contribution in [3.63, 3.8) is 0 Å². The maximum absolute atomic E-state index is 12.4. The van der Waals surface area contributed by atoms with E-state index in [1.54, 1.807) is 0 Å². The van der Waals surface area contributed by atoms with Gasteiger partial charge >= 0.3 is 5.97 Å². The second-order valence-corrected chi connectivity index (χ2v) is 11.2. The summed E-state index contributed by atoms with van der Waals surface area (Å²) in [5.74, 6) is 1.23. The summed E-state index contributed by atoms with van der Waals surface area (Å²) in [6, 6.07) is 0. The van der Waals surface area contributed by atoms with Crippen molar-refractivity contribution in [2.24, 2.45) is 11.8 Å². The molecule has 4 nitrogen and oxygen atoms in total. The lowest BCUT2D eigenvalue weighted by Gasteiger charge is -2.22. The Morgan fingerprint density at radius 3 is 1.77 bits per heavy atom. The summed E-state index contributed by atoms with van der Waals surface area (Å²) >= 11 is 0. The third-order valence-electron chi connectivity index (χ3n) is 7.21. The predicted octanol–water partition coefficient (Wildman–Crippen LogP) is 8.55. The van der Waals surface area contributed by atoms with Gasteiger partial charge in [-0.25, -0.2) is 0 Å². The van der Waals surface area contributed by atoms with Crippen molar-refractivity contribution in [2.45, 2.75) is 150 Å². The van der Waals surface area contributed by atoms with Crippen molar-refractivity contribution in [2.75, 3.05) is 32.8 Å². The third kappa shape index (κ3) is 24.8. The first-order valence-electron chi connectivity index (χ1n) is 15.5. The first kappa shape index (κ1) is 34.4. The lowest BCUT2D eigenvalue weighted by Crippen LogP contribution is -2.29. The summed E-state index contributed by atoms with van der Waals surface area (Å²) in [6.07, 6.45) is 23.2. The highest BCUT2D eigenvalue weighted by Crippen LogP contribution is 2.20. The minimum atomic E-state index is -0.00656. The standard InChI is InChI=1S/C31H63NO3/c1-5-7-9-11-13-16-20-30(21-17-14-12-10-8-6-2)28-35-31(34)22-18-15-19-24-32(26-27-33)25-23-29(3)4/h29-30,33H,5-28H2,1-4H3. The number of hydrogen-bond donors (Lipinski definition) is 1. The molecule has 0 aliphatic rings. The molecule has 0 saturated heterocycles. The molecule has 0 unspecified atom stereocenters. The van der Waals surface area contributed by atoms with Gasteiger partial charge in [-0.2, -0.15) is 0 Å². The lowest BCUT2D eigenvalue weighted by molar-refractivity contribution is -0.145. The smallest absolute Gasteiger partial charge is 0.305 e. The molecule has 4 heteroatoms. The Morgan fingerprint density at radius 1 is 0.686 bits per heavy atom. The molecule has 0 spiro atoms. The molecule has 0 rings (SSSR count). The summed E-state index contributed by atoms with van der Waals surface area (Å²) in [6.45, 7) is 12.7. The second-order valence-electron chi connectivity index (χ2n) is 11.2. The van der Waals surface area contributed by atoms with E-state index in [4.69, 9.17) is 4.74 Å². The highest BCUT2D eigenvalue weighted by atomic mass is 16.5. The predicted molar refractivity (Wildman–Crippen MR) is 152 cm³/mol. The minimum absolute atomic E-state index is 0.00656. The fourth-order valence-corrected chi connectivity index (χ4v) is 4.72. The van der Waals surface area contributed by atoms with Gasteiger partial charge in [-0.3, -0.25) is 4.79 Å². The molecule has 0 atom stereocenters. The molecule has 0 aromatic rings. The van der Waals surface area contributed by atoms with Gasteiger partial charge in [-0.05, 0) is 57.0 Å². The Morgan fingerprint density at radius 2 is 1.23 bits per heavy atom. The molecule has 0 aromatic heterocycles. The summed E-state index contributed by atoms with van der Waals surface area (Å²) in [5, 5.41) is 9.28. The van der Waals surface area contributed by atoms with E-state index in [-0.39, 0.29) is 12.6 Å². The lowest BCUT2D eigenvalue weighted by atomic mass is 9.94. The fourth-order valence-electron chi connectivity index (χ4n) is 4.72. The SMILES string of the molecule is CCCCCCCCC(CCCCCCCC)COC(=O)CCCCCN(CCO)CCC(C)C. The van der Waals surface area contributed by atoms with Crippen LogP contribution in [0.4, 0.5) is 0 Å². The first-order valence-corrected chi connectivity index (χ1v) is 15.5. The van der Waals surface area contributed by atoms with E-state index in [1.165, 1.54) is 96.3 Å². The van der Waals surface area contributed by atoms with Gasteiger partial charge < -0.3 is 14.7 Å². The number of aliphatic hydroxyl groups excluding tert-OH is 1. The van der Waals surface area contributed by atoms with Gasteiger partial charge in [0, 0.05) is 13.0 Å². The molecular formula is C31H63NO3. The number of unbranched alkanes of at least 4 members (excludes halogenated alkanes) is 12. The van der Waals surface area contributed by atoms with Crippen molar-refractivity contribution in [1.29, 1.82) is 0 Å². The van der Waals surface area contributed by atoms with E-state index in [0.717, 1.165) is 38.9 Å². The van der Waals surface area contributed by atoms with Crippen LogP contribution in [0.1, 0.15) is 150 Å². The number of aliphatic hydroxyl groups is 1. The van der Waals surface area contributed by atoms with Gasteiger partial charge in [0.1, 0.15) is 0 Å². The zero-order chi connectivity index (χ0) is 26.0. The van der Waals surface area contributed by atoms with Gasteiger partial charge in [-0.15, -0.1) is 0 Å². The Bertz CT molecular complexity index is 425. The Kier molecular flexibility index (Phi) is 26.0. The molecule has 0 aliphatic carbocycles. The van der Waals surface area contributed by atoms with E-state index in [1.807, 2.05) is 0 Å². The molecule has 0 amide bonds. The van der Waals surface area contributed by atoms with Crippen LogP contribution in [-0.4, -0.2) is 48.8 Å². The van der Waals surface area contributed by atoms with Crippen molar-refractivity contribution >= 4 is 5.97 Å². The summed E-state index contributed by atoms with van der Waals surface area (Å²) in [4.78, 5) is 14.7. The maximum atomic E-state index is 12.4. The summed E-state index contributed by atoms with van der Waals surface area (Å²) in [7, 11) is 0. The number of carbonyl (C=O) groups is 1. The van der Waals surface area contributed by atoms with Crippen LogP contribution in [0.3, 0.4) is 0 Å². The number of nitrogens with zero attached hydrogens (tertiary/aromatic N) is 1. The van der Waals surface area contributed by atoms with Crippen molar-refractivity contribution < 1.29 is 14.6 Å². The van der Waals surface area contributed by atoms with E-state index >= 15 is 0 Å². The van der Waals surface area contributed by atoms with E-state index in [2.05, 4.69) is 32.6 Å². The van der Waals surface area contributed by atoms with Gasteiger partial charge in [0.2, 0.25) is 0 Å². The van der Waals surface area contributed by atoms with Crippen molar-refractivity contribution in [1.82, 2.24) is 4.90 Å². The molecule has 1 N–H and O–H groups in total. The number of hydrogen-bond acceptors (Lipinski definition) is 4. The first-order chi connectivity index (χ1) is 17.0. The second kappa shape index (κ2) is 26.5. The van der Waals surface area contributed by atoms with Crippen LogP contribution in [0.2, 0.25) is 0 Å². The molecule has 35 heavy (non-hydrogen) atoms. The Labute approximate surface area is 220 Å². The number of carbonyl (C=O) groups excluding carboxylic acids is 1. The zero-order valence-electron chi connectivity index (χ0n) is 24.3. The van der Waals surface area contributed by atoms with E-state index < -0.39 is 0 Å². The largest absolute Gasteiger partial charge is 0.465 e. The normalized spacial score (nSPS) is 11.8. The quantitative estimate of drug-likeness (QED) is 0.0912. The van der Waals surface area contributed by atoms with Crippen LogP contribution >= 0.6 is 0 Å². The third-order valence-corrected chi connectivity index (χ3v) is 7.21. The highest BCUT2D eigenvalue weighted by Gasteiger charge is 2.13. The molecule has 0 aliphatic heterocycles. The van der Waals surface area contributed by atoms with Crippen molar-refractivity contribution in [3.05, 3.63) is 0 Å². The fraction of sp³-hybridized carbons (Fsp3) is 0.968. The molecular weight excluding hydrogens is 434 g/mol. The van der Waals surface area contributed by atoms with Gasteiger partial charge in [0.15, 0.2) is 0 Å². The summed E-state index contributed by atoms with van der Waals surface area (Å²) < 4.78 is 5.74. The molecule has 0 fully saturated rings. The molecule has 0 aromatic carbocycles. The Balaban J connectivity index is 4.12. The molecule has 0 saturated carbocycles. The van der Waals surface area contributed by atoms with Gasteiger partial charge in [0.25, 0.3) is 0 Å². The van der Waals surface area contributed by atoms with Gasteiger partial charge in [0.05, 0.1) is 13.2 Å². The van der Waals surface area contributed by atoms with Crippen LogP contribution in [-0.2, 0) is 9.53 Å². The van der Waals surface area contributed by atoms with E-state index in [9.17, 15) is 9.90 Å². The van der Waals surface area contributed by atoms with E-state index in [0.29, 0.717) is 24.9 Å². The summed E-state index contributed by atoms with van der Waals surface area (Å²) in [5.41, 5.74) is 0. The molecule has 0 bridgehead atoms. The van der Waals surface area contributed by atoms with Crippen LogP contribution in [0.5, 0.6) is 0 Å². The Hall–Kier alpha value is -0.610.